The first kappa shape index (κ1) is 10.3. The molecule has 0 aromatic heterocycles. The molecule has 4 nitrogen and oxygen atoms in total. The Balaban J connectivity index is 2.39. The van der Waals surface area contributed by atoms with Crippen molar-refractivity contribution >= 4 is 6.09 Å². The lowest BCUT2D eigenvalue weighted by molar-refractivity contribution is 0.0715. The van der Waals surface area contributed by atoms with Crippen LogP contribution in [0, 0.1) is 0 Å². The van der Waals surface area contributed by atoms with Gasteiger partial charge in [-0.3, -0.25) is 0 Å². The fourth-order valence-corrected chi connectivity index (χ4v) is 1.74. The summed E-state index contributed by atoms with van der Waals surface area (Å²) in [6, 6.07) is 0.232. The fourth-order valence-electron chi connectivity index (χ4n) is 1.74. The predicted molar refractivity (Wildman–Crippen MR) is 48.4 cm³/mol. The Kier molecular flexibility index (Phi) is 3.54. The van der Waals surface area contributed by atoms with Crippen LogP contribution >= 0.6 is 0 Å². The van der Waals surface area contributed by atoms with E-state index in [0.29, 0.717) is 0 Å². The van der Waals surface area contributed by atoms with E-state index < -0.39 is 0 Å². The minimum absolute atomic E-state index is 0.178. The van der Waals surface area contributed by atoms with E-state index in [1.165, 1.54) is 7.11 Å². The van der Waals surface area contributed by atoms with Gasteiger partial charge in [0.15, 0.2) is 0 Å². The van der Waals surface area contributed by atoms with Gasteiger partial charge in [-0.05, 0) is 25.7 Å². The van der Waals surface area contributed by atoms with Gasteiger partial charge in [0.25, 0.3) is 0 Å². The highest BCUT2D eigenvalue weighted by Gasteiger charge is 2.25. The fraction of sp³-hybridized carbons (Fsp3) is 0.889. The Bertz CT molecular complexity index is 176. The minimum Gasteiger partial charge on any atom is -0.453 e. The van der Waals surface area contributed by atoms with E-state index in [-0.39, 0.29) is 18.2 Å². The maximum Gasteiger partial charge on any atom is 0.409 e. The molecule has 0 unspecified atom stereocenters. The minimum atomic E-state index is -0.290. The van der Waals surface area contributed by atoms with Crippen LogP contribution in [0.3, 0.4) is 0 Å². The Labute approximate surface area is 78.5 Å². The lowest BCUT2D eigenvalue weighted by Crippen LogP contribution is -2.40. The first-order chi connectivity index (χ1) is 6.15. The van der Waals surface area contributed by atoms with Gasteiger partial charge in [-0.15, -0.1) is 0 Å². The molecule has 1 N–H and O–H groups in total. The summed E-state index contributed by atoms with van der Waals surface area (Å²) < 4.78 is 4.62. The highest BCUT2D eigenvalue weighted by molar-refractivity contribution is 5.67. The molecule has 76 valence electrons. The molecule has 0 aliphatic heterocycles. The van der Waals surface area contributed by atoms with Crippen LogP contribution in [0.5, 0.6) is 0 Å². The van der Waals surface area contributed by atoms with Gasteiger partial charge >= 0.3 is 6.09 Å². The van der Waals surface area contributed by atoms with Crippen LogP contribution in [0.2, 0.25) is 0 Å². The molecule has 13 heavy (non-hydrogen) atoms. The number of aliphatic hydroxyl groups is 1. The molecule has 1 rings (SSSR count). The molecule has 0 spiro atoms. The third-order valence-corrected chi connectivity index (χ3v) is 2.68. The third-order valence-electron chi connectivity index (χ3n) is 2.68. The SMILES string of the molecule is COC(=O)N(C)[C@H]1CC[C@H](O)CC1. The largest absolute Gasteiger partial charge is 0.453 e. The van der Waals surface area contributed by atoms with Crippen molar-refractivity contribution < 1.29 is 14.6 Å². The van der Waals surface area contributed by atoms with Crippen molar-refractivity contribution in [3.05, 3.63) is 0 Å². The van der Waals surface area contributed by atoms with Crippen molar-refractivity contribution in [1.82, 2.24) is 4.90 Å². The number of nitrogens with zero attached hydrogens (tertiary/aromatic N) is 1. The molecule has 1 aliphatic carbocycles. The van der Waals surface area contributed by atoms with E-state index in [1.807, 2.05) is 0 Å². The van der Waals surface area contributed by atoms with Crippen molar-refractivity contribution in [2.24, 2.45) is 0 Å². The number of hydrogen-bond donors (Lipinski definition) is 1. The van der Waals surface area contributed by atoms with Gasteiger partial charge in [0.2, 0.25) is 0 Å². The molecule has 4 heteroatoms. The number of carbonyl (C=O) groups excluding carboxylic acids is 1. The topological polar surface area (TPSA) is 49.8 Å². The maximum absolute atomic E-state index is 11.1. The molecule has 0 bridgehead atoms. The van der Waals surface area contributed by atoms with Crippen molar-refractivity contribution in [2.45, 2.75) is 37.8 Å². The summed E-state index contributed by atoms with van der Waals surface area (Å²) in [5.41, 5.74) is 0. The number of amides is 1. The van der Waals surface area contributed by atoms with Crippen LogP contribution in [0.4, 0.5) is 4.79 Å². The smallest absolute Gasteiger partial charge is 0.409 e. The number of aliphatic hydroxyl groups excluding tert-OH is 1. The van der Waals surface area contributed by atoms with E-state index in [1.54, 1.807) is 11.9 Å². The quantitative estimate of drug-likeness (QED) is 0.666. The highest BCUT2D eigenvalue weighted by atomic mass is 16.5. The predicted octanol–water partition coefficient (Wildman–Crippen LogP) is 0.988. The lowest BCUT2D eigenvalue weighted by atomic mass is 9.92. The van der Waals surface area contributed by atoms with Gasteiger partial charge in [0.05, 0.1) is 13.2 Å². The van der Waals surface area contributed by atoms with E-state index in [0.717, 1.165) is 25.7 Å². The third kappa shape index (κ3) is 2.59. The Morgan fingerprint density at radius 1 is 1.38 bits per heavy atom. The summed E-state index contributed by atoms with van der Waals surface area (Å²) in [4.78, 5) is 12.8. The number of rotatable bonds is 1. The number of carbonyl (C=O) groups is 1. The van der Waals surface area contributed by atoms with Crippen LogP contribution in [0.15, 0.2) is 0 Å². The van der Waals surface area contributed by atoms with Gasteiger partial charge in [-0.2, -0.15) is 0 Å². The molecular formula is C9H17NO3. The van der Waals surface area contributed by atoms with Gasteiger partial charge in [-0.25, -0.2) is 4.79 Å². The van der Waals surface area contributed by atoms with Crippen molar-refractivity contribution in [3.63, 3.8) is 0 Å². The van der Waals surface area contributed by atoms with Gasteiger partial charge in [0.1, 0.15) is 0 Å². The summed E-state index contributed by atoms with van der Waals surface area (Å²) in [5.74, 6) is 0. The van der Waals surface area contributed by atoms with E-state index >= 15 is 0 Å². The lowest BCUT2D eigenvalue weighted by Gasteiger charge is -2.31. The molecule has 1 aliphatic rings. The second kappa shape index (κ2) is 4.46. The molecule has 0 aromatic carbocycles. The second-order valence-corrected chi connectivity index (χ2v) is 3.54. The molecule has 0 heterocycles. The van der Waals surface area contributed by atoms with Crippen LogP contribution < -0.4 is 0 Å². The van der Waals surface area contributed by atoms with Crippen LogP contribution in [0.1, 0.15) is 25.7 Å². The molecule has 1 saturated carbocycles. The zero-order valence-electron chi connectivity index (χ0n) is 8.19. The maximum atomic E-state index is 11.1. The Morgan fingerprint density at radius 3 is 2.38 bits per heavy atom. The Hall–Kier alpha value is -0.770. The first-order valence-electron chi connectivity index (χ1n) is 4.64. The Morgan fingerprint density at radius 2 is 1.92 bits per heavy atom. The van der Waals surface area contributed by atoms with Crippen LogP contribution in [-0.2, 0) is 4.74 Å². The van der Waals surface area contributed by atoms with Crippen LogP contribution in [0.25, 0.3) is 0 Å². The summed E-state index contributed by atoms with van der Waals surface area (Å²) >= 11 is 0. The van der Waals surface area contributed by atoms with E-state index in [2.05, 4.69) is 4.74 Å². The molecular weight excluding hydrogens is 170 g/mol. The van der Waals surface area contributed by atoms with Gasteiger partial charge < -0.3 is 14.7 Å². The normalized spacial score (nSPS) is 28.2. The molecule has 1 fully saturated rings. The number of hydrogen-bond acceptors (Lipinski definition) is 3. The average molecular weight is 187 g/mol. The van der Waals surface area contributed by atoms with Crippen molar-refractivity contribution in [1.29, 1.82) is 0 Å². The summed E-state index contributed by atoms with van der Waals surface area (Å²) in [6.07, 6.45) is 2.83. The summed E-state index contributed by atoms with van der Waals surface area (Å²) in [7, 11) is 3.13. The standard InChI is InChI=1S/C9H17NO3/c1-10(9(12)13-2)7-3-5-8(11)6-4-7/h7-8,11H,3-6H2,1-2H3/t7-,8-. The zero-order valence-corrected chi connectivity index (χ0v) is 8.19. The molecule has 0 aromatic rings. The molecule has 1 amide bonds. The van der Waals surface area contributed by atoms with Gasteiger partial charge in [0, 0.05) is 13.1 Å². The average Bonchev–Trinajstić information content (AvgIpc) is 2.17. The second-order valence-electron chi connectivity index (χ2n) is 3.54. The summed E-state index contributed by atoms with van der Waals surface area (Å²) in [6.45, 7) is 0. The molecule has 0 atom stereocenters. The first-order valence-corrected chi connectivity index (χ1v) is 4.64. The van der Waals surface area contributed by atoms with Crippen molar-refractivity contribution in [3.8, 4) is 0 Å². The number of methoxy groups -OCH3 is 1. The summed E-state index contributed by atoms with van der Waals surface area (Å²) in [5, 5.41) is 9.27. The number of ether oxygens (including phenoxy) is 1. The van der Waals surface area contributed by atoms with Crippen molar-refractivity contribution in [2.75, 3.05) is 14.2 Å². The highest BCUT2D eigenvalue weighted by Crippen LogP contribution is 2.22. The van der Waals surface area contributed by atoms with E-state index in [9.17, 15) is 9.90 Å². The molecule has 0 saturated heterocycles. The molecule has 0 radical (unpaired) electrons. The zero-order chi connectivity index (χ0) is 9.84. The van der Waals surface area contributed by atoms with Gasteiger partial charge in [-0.1, -0.05) is 0 Å². The van der Waals surface area contributed by atoms with E-state index in [4.69, 9.17) is 0 Å². The monoisotopic (exact) mass is 187 g/mol. The van der Waals surface area contributed by atoms with Crippen LogP contribution in [-0.4, -0.2) is 42.4 Å².